The summed E-state index contributed by atoms with van der Waals surface area (Å²) in [5, 5.41) is 3.56. The highest BCUT2D eigenvalue weighted by molar-refractivity contribution is 4.83. The van der Waals surface area contributed by atoms with Gasteiger partial charge < -0.3 is 19.9 Å². The van der Waals surface area contributed by atoms with Crippen LogP contribution in [0.4, 0.5) is 0 Å². The lowest BCUT2D eigenvalue weighted by Crippen LogP contribution is -2.49. The minimum Gasteiger partial charge on any atom is -0.379 e. The summed E-state index contributed by atoms with van der Waals surface area (Å²) in [6.07, 6.45) is 3.84. The van der Waals surface area contributed by atoms with Crippen LogP contribution in [0.15, 0.2) is 0 Å². The molecular formula is C14H29N3O. The van der Waals surface area contributed by atoms with E-state index in [-0.39, 0.29) is 0 Å². The fraction of sp³-hybridized carbons (Fsp3) is 1.00. The molecule has 0 radical (unpaired) electrons. The number of hydrogen-bond acceptors (Lipinski definition) is 4. The first-order valence-electron chi connectivity index (χ1n) is 7.38. The Bertz CT molecular complexity index is 233. The van der Waals surface area contributed by atoms with Crippen molar-refractivity contribution in [1.82, 2.24) is 15.1 Å². The molecule has 4 nitrogen and oxygen atoms in total. The van der Waals surface area contributed by atoms with E-state index in [1.165, 1.54) is 32.4 Å². The maximum Gasteiger partial charge on any atom is 0.0620 e. The minimum atomic E-state index is 0.556. The van der Waals surface area contributed by atoms with Gasteiger partial charge in [-0.25, -0.2) is 0 Å². The Kier molecular flexibility index (Phi) is 5.42. The Morgan fingerprint density at radius 2 is 2.06 bits per heavy atom. The standard InChI is InChI=1S/C14H29N3O/c1-12(10-13-11-18-9-6-15-13)17-7-4-14(5-8-17)16(2)3/h12-15H,4-11H2,1-3H3. The van der Waals surface area contributed by atoms with Gasteiger partial charge in [0.05, 0.1) is 13.2 Å². The van der Waals surface area contributed by atoms with Crippen LogP contribution in [0.3, 0.4) is 0 Å². The van der Waals surface area contributed by atoms with E-state index in [0.717, 1.165) is 25.8 Å². The largest absolute Gasteiger partial charge is 0.379 e. The van der Waals surface area contributed by atoms with Gasteiger partial charge in [0.1, 0.15) is 0 Å². The van der Waals surface area contributed by atoms with Gasteiger partial charge in [-0.3, -0.25) is 0 Å². The number of piperidine rings is 1. The molecular weight excluding hydrogens is 226 g/mol. The molecule has 0 bridgehead atoms. The molecule has 4 heteroatoms. The Balaban J connectivity index is 1.71. The van der Waals surface area contributed by atoms with E-state index in [2.05, 4.69) is 36.1 Å². The molecule has 2 aliphatic heterocycles. The second-order valence-electron chi connectivity index (χ2n) is 6.04. The van der Waals surface area contributed by atoms with Crippen molar-refractivity contribution in [2.75, 3.05) is 46.9 Å². The molecule has 2 rings (SSSR count). The number of rotatable bonds is 4. The van der Waals surface area contributed by atoms with Gasteiger partial charge in [-0.15, -0.1) is 0 Å². The third-order valence-corrected chi connectivity index (χ3v) is 4.48. The highest BCUT2D eigenvalue weighted by Crippen LogP contribution is 2.18. The number of morpholine rings is 1. The van der Waals surface area contributed by atoms with Crippen molar-refractivity contribution < 1.29 is 4.74 Å². The van der Waals surface area contributed by atoms with E-state index in [1.54, 1.807) is 0 Å². The fourth-order valence-corrected chi connectivity index (χ4v) is 3.17. The molecule has 2 unspecified atom stereocenters. The summed E-state index contributed by atoms with van der Waals surface area (Å²) in [6.45, 7) is 7.64. The van der Waals surface area contributed by atoms with Gasteiger partial charge in [0, 0.05) is 24.7 Å². The van der Waals surface area contributed by atoms with Crippen molar-refractivity contribution in [3.05, 3.63) is 0 Å². The van der Waals surface area contributed by atoms with E-state index in [9.17, 15) is 0 Å². The number of ether oxygens (including phenoxy) is 1. The highest BCUT2D eigenvalue weighted by Gasteiger charge is 2.25. The van der Waals surface area contributed by atoms with Crippen LogP contribution in [-0.4, -0.2) is 74.9 Å². The summed E-state index contributed by atoms with van der Waals surface area (Å²) in [4.78, 5) is 5.02. The van der Waals surface area contributed by atoms with Crippen LogP contribution in [0.1, 0.15) is 26.2 Å². The number of nitrogens with zero attached hydrogens (tertiary/aromatic N) is 2. The lowest BCUT2D eigenvalue weighted by atomic mass is 10.00. The molecule has 0 aromatic rings. The quantitative estimate of drug-likeness (QED) is 0.803. The van der Waals surface area contributed by atoms with Gasteiger partial charge in [0.2, 0.25) is 0 Å². The third kappa shape index (κ3) is 3.92. The number of likely N-dealkylation sites (tertiary alicyclic amines) is 1. The lowest BCUT2D eigenvalue weighted by molar-refractivity contribution is 0.0537. The maximum absolute atomic E-state index is 5.53. The first kappa shape index (κ1) is 14.3. The SMILES string of the molecule is CC(CC1COCCN1)N1CCC(N(C)C)CC1. The van der Waals surface area contributed by atoms with Gasteiger partial charge in [-0.05, 0) is 53.4 Å². The van der Waals surface area contributed by atoms with Crippen LogP contribution in [0.25, 0.3) is 0 Å². The van der Waals surface area contributed by atoms with Crippen LogP contribution >= 0.6 is 0 Å². The maximum atomic E-state index is 5.53. The number of nitrogens with one attached hydrogen (secondary N) is 1. The van der Waals surface area contributed by atoms with E-state index < -0.39 is 0 Å². The molecule has 106 valence electrons. The predicted octanol–water partition coefficient (Wildman–Crippen LogP) is 0.779. The van der Waals surface area contributed by atoms with Gasteiger partial charge in [-0.2, -0.15) is 0 Å². The lowest BCUT2D eigenvalue weighted by Gasteiger charge is -2.39. The monoisotopic (exact) mass is 255 g/mol. The van der Waals surface area contributed by atoms with E-state index in [4.69, 9.17) is 4.74 Å². The van der Waals surface area contributed by atoms with Gasteiger partial charge in [0.15, 0.2) is 0 Å². The first-order valence-corrected chi connectivity index (χ1v) is 7.38. The molecule has 0 amide bonds. The van der Waals surface area contributed by atoms with Crippen LogP contribution < -0.4 is 5.32 Å². The topological polar surface area (TPSA) is 27.7 Å². The van der Waals surface area contributed by atoms with Gasteiger partial charge in [0.25, 0.3) is 0 Å². The molecule has 0 aromatic carbocycles. The van der Waals surface area contributed by atoms with Crippen molar-refractivity contribution in [2.45, 2.75) is 44.3 Å². The summed E-state index contributed by atoms with van der Waals surface area (Å²) >= 11 is 0. The molecule has 0 saturated carbocycles. The summed E-state index contributed by atoms with van der Waals surface area (Å²) in [6, 6.07) is 2.01. The zero-order valence-electron chi connectivity index (χ0n) is 12.2. The summed E-state index contributed by atoms with van der Waals surface area (Å²) in [5.74, 6) is 0. The average Bonchev–Trinajstić information content (AvgIpc) is 2.40. The number of hydrogen-bond donors (Lipinski definition) is 1. The Morgan fingerprint density at radius 1 is 1.33 bits per heavy atom. The second kappa shape index (κ2) is 6.85. The van der Waals surface area contributed by atoms with Crippen LogP contribution in [0.5, 0.6) is 0 Å². The van der Waals surface area contributed by atoms with E-state index >= 15 is 0 Å². The molecule has 2 aliphatic rings. The molecule has 0 aromatic heterocycles. The third-order valence-electron chi connectivity index (χ3n) is 4.48. The Morgan fingerprint density at radius 3 is 2.61 bits per heavy atom. The Hall–Kier alpha value is -0.160. The van der Waals surface area contributed by atoms with Crippen molar-refractivity contribution in [3.63, 3.8) is 0 Å². The van der Waals surface area contributed by atoms with Crippen molar-refractivity contribution in [3.8, 4) is 0 Å². The van der Waals surface area contributed by atoms with Crippen molar-refractivity contribution >= 4 is 0 Å². The first-order chi connectivity index (χ1) is 8.66. The normalized spacial score (nSPS) is 29.7. The van der Waals surface area contributed by atoms with Crippen LogP contribution in [-0.2, 0) is 4.74 Å². The highest BCUT2D eigenvalue weighted by atomic mass is 16.5. The molecule has 2 fully saturated rings. The van der Waals surface area contributed by atoms with E-state index in [0.29, 0.717) is 12.1 Å². The zero-order valence-corrected chi connectivity index (χ0v) is 12.2. The van der Waals surface area contributed by atoms with Crippen molar-refractivity contribution in [1.29, 1.82) is 0 Å². The second-order valence-corrected chi connectivity index (χ2v) is 6.04. The predicted molar refractivity (Wildman–Crippen MR) is 75.0 cm³/mol. The summed E-state index contributed by atoms with van der Waals surface area (Å²) < 4.78 is 5.53. The molecule has 1 N–H and O–H groups in total. The molecule has 2 saturated heterocycles. The van der Waals surface area contributed by atoms with Crippen LogP contribution in [0.2, 0.25) is 0 Å². The van der Waals surface area contributed by atoms with Crippen molar-refractivity contribution in [2.24, 2.45) is 0 Å². The van der Waals surface area contributed by atoms with E-state index in [1.807, 2.05) is 0 Å². The Labute approximate surface area is 112 Å². The van der Waals surface area contributed by atoms with Gasteiger partial charge in [-0.1, -0.05) is 0 Å². The fourth-order valence-electron chi connectivity index (χ4n) is 3.17. The molecule has 2 heterocycles. The van der Waals surface area contributed by atoms with Gasteiger partial charge >= 0.3 is 0 Å². The minimum absolute atomic E-state index is 0.556. The smallest absolute Gasteiger partial charge is 0.0620 e. The summed E-state index contributed by atoms with van der Waals surface area (Å²) in [7, 11) is 4.40. The average molecular weight is 255 g/mol. The zero-order chi connectivity index (χ0) is 13.0. The molecule has 0 aliphatic carbocycles. The molecule has 2 atom stereocenters. The molecule has 0 spiro atoms. The molecule has 18 heavy (non-hydrogen) atoms. The summed E-state index contributed by atoms with van der Waals surface area (Å²) in [5.41, 5.74) is 0. The van der Waals surface area contributed by atoms with Crippen LogP contribution in [0, 0.1) is 0 Å².